The molecule has 21 heavy (non-hydrogen) atoms. The number of fused-ring (bicyclic) bond motifs is 3. The second kappa shape index (κ2) is 4.97. The zero-order valence-corrected chi connectivity index (χ0v) is 13.0. The first kappa shape index (κ1) is 13.0. The first-order valence-corrected chi connectivity index (χ1v) is 8.11. The van der Waals surface area contributed by atoms with Gasteiger partial charge < -0.3 is 9.30 Å². The number of aromatic nitrogens is 2. The monoisotopic (exact) mass is 316 g/mol. The summed E-state index contributed by atoms with van der Waals surface area (Å²) in [5.74, 6) is 2.82. The molecule has 0 aliphatic carbocycles. The number of rotatable bonds is 2. The Balaban J connectivity index is 1.89. The van der Waals surface area contributed by atoms with Crippen molar-refractivity contribution in [3.05, 3.63) is 58.9 Å². The molecule has 0 spiro atoms. The maximum Gasteiger partial charge on any atom is 0.121 e. The predicted molar refractivity (Wildman–Crippen MR) is 87.2 cm³/mol. The minimum Gasteiger partial charge on any atom is -0.497 e. The lowest BCUT2D eigenvalue weighted by atomic mass is 10.2. The third kappa shape index (κ3) is 2.01. The number of ether oxygens (including phenoxy) is 1. The van der Waals surface area contributed by atoms with E-state index in [9.17, 15) is 0 Å². The Morgan fingerprint density at radius 2 is 2.14 bits per heavy atom. The van der Waals surface area contributed by atoms with Gasteiger partial charge in [-0.15, -0.1) is 11.8 Å². The lowest BCUT2D eigenvalue weighted by molar-refractivity contribution is 0.415. The van der Waals surface area contributed by atoms with Crippen LogP contribution in [0.5, 0.6) is 5.75 Å². The number of thioether (sulfide) groups is 1. The van der Waals surface area contributed by atoms with Crippen molar-refractivity contribution in [2.24, 2.45) is 0 Å². The smallest absolute Gasteiger partial charge is 0.121 e. The number of hydrogen-bond acceptors (Lipinski definition) is 3. The molecule has 1 unspecified atom stereocenters. The summed E-state index contributed by atoms with van der Waals surface area (Å²) in [6.07, 6.45) is 0. The average Bonchev–Trinajstić information content (AvgIpc) is 3.06. The third-order valence-corrected chi connectivity index (χ3v) is 5.30. The van der Waals surface area contributed by atoms with E-state index >= 15 is 0 Å². The van der Waals surface area contributed by atoms with Crippen molar-refractivity contribution in [1.29, 1.82) is 0 Å². The van der Waals surface area contributed by atoms with Gasteiger partial charge in [0.25, 0.3) is 0 Å². The van der Waals surface area contributed by atoms with E-state index in [0.29, 0.717) is 0 Å². The van der Waals surface area contributed by atoms with Crippen LogP contribution in [-0.2, 0) is 5.75 Å². The molecular formula is C16H13ClN2OS. The first-order chi connectivity index (χ1) is 10.3. The van der Waals surface area contributed by atoms with Gasteiger partial charge in [-0.05, 0) is 18.2 Å². The molecule has 0 bridgehead atoms. The average molecular weight is 317 g/mol. The van der Waals surface area contributed by atoms with Gasteiger partial charge in [0.05, 0.1) is 23.9 Å². The summed E-state index contributed by atoms with van der Waals surface area (Å²) in [6, 6.07) is 14.0. The van der Waals surface area contributed by atoms with Crippen molar-refractivity contribution in [2.45, 2.75) is 11.1 Å². The minimum atomic E-state index is 0.187. The summed E-state index contributed by atoms with van der Waals surface area (Å²) in [7, 11) is 1.67. The molecule has 3 nitrogen and oxygen atoms in total. The molecule has 1 aromatic heterocycles. The SMILES string of the molecule is COc1ccc2c(c1)nc1n2C(c2ccccc2Cl)SC1. The topological polar surface area (TPSA) is 27.1 Å². The summed E-state index contributed by atoms with van der Waals surface area (Å²) < 4.78 is 7.56. The molecule has 4 rings (SSSR count). The van der Waals surface area contributed by atoms with Crippen LogP contribution >= 0.6 is 23.4 Å². The number of halogens is 1. The molecule has 2 aromatic carbocycles. The van der Waals surface area contributed by atoms with Gasteiger partial charge in [-0.1, -0.05) is 29.8 Å². The first-order valence-electron chi connectivity index (χ1n) is 6.69. The molecule has 2 heterocycles. The molecule has 0 fully saturated rings. The summed E-state index contributed by atoms with van der Waals surface area (Å²) >= 11 is 8.22. The van der Waals surface area contributed by atoms with Crippen LogP contribution in [0.3, 0.4) is 0 Å². The highest BCUT2D eigenvalue weighted by atomic mass is 35.5. The predicted octanol–water partition coefficient (Wildman–Crippen LogP) is 4.49. The molecule has 3 aromatic rings. The van der Waals surface area contributed by atoms with Crippen LogP contribution in [0.15, 0.2) is 42.5 Å². The molecule has 1 atom stereocenters. The van der Waals surface area contributed by atoms with Crippen molar-refractivity contribution < 1.29 is 4.74 Å². The lowest BCUT2D eigenvalue weighted by Crippen LogP contribution is -2.03. The van der Waals surface area contributed by atoms with Crippen molar-refractivity contribution in [3.63, 3.8) is 0 Å². The molecule has 5 heteroatoms. The van der Waals surface area contributed by atoms with E-state index in [0.717, 1.165) is 38.9 Å². The van der Waals surface area contributed by atoms with E-state index in [2.05, 4.69) is 16.7 Å². The van der Waals surface area contributed by atoms with Gasteiger partial charge >= 0.3 is 0 Å². The molecule has 106 valence electrons. The number of methoxy groups -OCH3 is 1. The van der Waals surface area contributed by atoms with E-state index in [1.807, 2.05) is 42.1 Å². The van der Waals surface area contributed by atoms with E-state index in [1.54, 1.807) is 7.11 Å². The Morgan fingerprint density at radius 3 is 2.95 bits per heavy atom. The van der Waals surface area contributed by atoms with Crippen molar-refractivity contribution in [3.8, 4) is 5.75 Å². The van der Waals surface area contributed by atoms with Crippen molar-refractivity contribution in [1.82, 2.24) is 9.55 Å². The Bertz CT molecular complexity index is 830. The van der Waals surface area contributed by atoms with Gasteiger partial charge in [0.15, 0.2) is 0 Å². The van der Waals surface area contributed by atoms with Crippen LogP contribution in [0.1, 0.15) is 16.8 Å². The molecule has 1 aliphatic heterocycles. The van der Waals surface area contributed by atoms with E-state index in [-0.39, 0.29) is 5.37 Å². The van der Waals surface area contributed by atoms with Crippen LogP contribution in [0.4, 0.5) is 0 Å². The van der Waals surface area contributed by atoms with Crippen LogP contribution in [0.25, 0.3) is 11.0 Å². The van der Waals surface area contributed by atoms with Gasteiger partial charge in [0, 0.05) is 16.7 Å². The van der Waals surface area contributed by atoms with E-state index in [1.165, 1.54) is 0 Å². The maximum absolute atomic E-state index is 6.37. The molecule has 0 radical (unpaired) electrons. The zero-order chi connectivity index (χ0) is 14.4. The van der Waals surface area contributed by atoms with Crippen LogP contribution in [0, 0.1) is 0 Å². The zero-order valence-electron chi connectivity index (χ0n) is 11.4. The summed E-state index contributed by atoms with van der Waals surface area (Å²) in [4.78, 5) is 4.73. The Morgan fingerprint density at radius 1 is 1.29 bits per heavy atom. The fourth-order valence-electron chi connectivity index (χ4n) is 2.75. The Labute approximate surface area is 131 Å². The summed E-state index contributed by atoms with van der Waals surface area (Å²) in [6.45, 7) is 0. The van der Waals surface area contributed by atoms with Gasteiger partial charge in [0.2, 0.25) is 0 Å². The van der Waals surface area contributed by atoms with Gasteiger partial charge in [-0.3, -0.25) is 0 Å². The van der Waals surface area contributed by atoms with Crippen molar-refractivity contribution >= 4 is 34.4 Å². The maximum atomic E-state index is 6.37. The molecule has 0 saturated carbocycles. The number of imidazole rings is 1. The molecule has 0 saturated heterocycles. The minimum absolute atomic E-state index is 0.187. The van der Waals surface area contributed by atoms with Gasteiger partial charge in [-0.25, -0.2) is 4.98 Å². The lowest BCUT2D eigenvalue weighted by Gasteiger charge is -2.15. The molecule has 0 N–H and O–H groups in total. The number of nitrogens with zero attached hydrogens (tertiary/aromatic N) is 2. The highest BCUT2D eigenvalue weighted by Crippen LogP contribution is 2.44. The molecule has 1 aliphatic rings. The number of hydrogen-bond donors (Lipinski definition) is 0. The third-order valence-electron chi connectivity index (χ3n) is 3.75. The summed E-state index contributed by atoms with van der Waals surface area (Å²) in [5.41, 5.74) is 3.24. The fourth-order valence-corrected chi connectivity index (χ4v) is 4.33. The highest BCUT2D eigenvalue weighted by molar-refractivity contribution is 7.99. The van der Waals surface area contributed by atoms with Crippen molar-refractivity contribution in [2.75, 3.05) is 7.11 Å². The highest BCUT2D eigenvalue weighted by Gasteiger charge is 2.28. The Hall–Kier alpha value is -1.65. The molecular weight excluding hydrogens is 304 g/mol. The van der Waals surface area contributed by atoms with E-state index in [4.69, 9.17) is 21.3 Å². The number of benzene rings is 2. The normalized spacial score (nSPS) is 17.1. The second-order valence-corrected chi connectivity index (χ2v) is 6.41. The molecule has 0 amide bonds. The van der Waals surface area contributed by atoms with Crippen LogP contribution < -0.4 is 4.74 Å². The van der Waals surface area contributed by atoms with Gasteiger partial charge in [0.1, 0.15) is 16.9 Å². The van der Waals surface area contributed by atoms with E-state index < -0.39 is 0 Å². The van der Waals surface area contributed by atoms with Gasteiger partial charge in [-0.2, -0.15) is 0 Å². The van der Waals surface area contributed by atoms with Crippen LogP contribution in [-0.4, -0.2) is 16.7 Å². The largest absolute Gasteiger partial charge is 0.497 e. The Kier molecular flexibility index (Phi) is 3.08. The second-order valence-electron chi connectivity index (χ2n) is 4.94. The quantitative estimate of drug-likeness (QED) is 0.697. The summed E-state index contributed by atoms with van der Waals surface area (Å²) in [5, 5.41) is 0.991. The fraction of sp³-hybridized carbons (Fsp3) is 0.188. The standard InChI is InChI=1S/C16H13ClN2OS/c1-20-10-6-7-14-13(8-10)18-15-9-21-16(19(14)15)11-4-2-3-5-12(11)17/h2-8,16H,9H2,1H3. The van der Waals surface area contributed by atoms with Crippen LogP contribution in [0.2, 0.25) is 5.02 Å².